The molecule has 1 N–H and O–H groups in total. The van der Waals surface area contributed by atoms with Gasteiger partial charge in [0, 0.05) is 10.9 Å². The summed E-state index contributed by atoms with van der Waals surface area (Å²) >= 11 is 0. The smallest absolute Gasteiger partial charge is 0.161 e. The lowest BCUT2D eigenvalue weighted by atomic mass is 10.1. The summed E-state index contributed by atoms with van der Waals surface area (Å²) in [6.07, 6.45) is 0. The van der Waals surface area contributed by atoms with Gasteiger partial charge in [-0.3, -0.25) is 5.10 Å². The molecule has 0 saturated heterocycles. The van der Waals surface area contributed by atoms with E-state index in [1.807, 2.05) is 30.3 Å². The van der Waals surface area contributed by atoms with Crippen molar-refractivity contribution in [1.82, 2.24) is 10.2 Å². The predicted octanol–water partition coefficient (Wildman–Crippen LogP) is 3.12. The molecular formula is C16H13N3O2. The lowest BCUT2D eigenvalue weighted by molar-refractivity contribution is 0.355. The van der Waals surface area contributed by atoms with Crippen molar-refractivity contribution in [3.63, 3.8) is 0 Å². The van der Waals surface area contributed by atoms with Gasteiger partial charge in [0.05, 0.1) is 31.4 Å². The summed E-state index contributed by atoms with van der Waals surface area (Å²) in [7, 11) is 3.19. The average molecular weight is 279 g/mol. The second-order valence-electron chi connectivity index (χ2n) is 4.51. The van der Waals surface area contributed by atoms with Gasteiger partial charge in [-0.05, 0) is 36.4 Å². The monoisotopic (exact) mass is 279 g/mol. The second kappa shape index (κ2) is 5.17. The molecule has 21 heavy (non-hydrogen) atoms. The zero-order chi connectivity index (χ0) is 14.8. The predicted molar refractivity (Wildman–Crippen MR) is 79.3 cm³/mol. The molecule has 0 aliphatic heterocycles. The molecule has 3 rings (SSSR count). The molecule has 0 saturated carbocycles. The lowest BCUT2D eigenvalue weighted by Gasteiger charge is -2.08. The SMILES string of the molecule is COc1ccc(-c2n[nH]c3ccc(C#N)cc23)cc1OC. The molecule has 2 aromatic carbocycles. The number of H-pyrrole nitrogens is 1. The van der Waals surface area contributed by atoms with Gasteiger partial charge in [0.2, 0.25) is 0 Å². The quantitative estimate of drug-likeness (QED) is 0.799. The second-order valence-corrected chi connectivity index (χ2v) is 4.51. The Morgan fingerprint density at radius 2 is 1.86 bits per heavy atom. The van der Waals surface area contributed by atoms with Crippen molar-refractivity contribution in [3.05, 3.63) is 42.0 Å². The molecular weight excluding hydrogens is 266 g/mol. The third kappa shape index (κ3) is 2.17. The lowest BCUT2D eigenvalue weighted by Crippen LogP contribution is -1.91. The van der Waals surface area contributed by atoms with Crippen LogP contribution in [-0.4, -0.2) is 24.4 Å². The van der Waals surface area contributed by atoms with Gasteiger partial charge < -0.3 is 9.47 Å². The van der Waals surface area contributed by atoms with Crippen LogP contribution in [0.3, 0.4) is 0 Å². The Labute approximate surface area is 121 Å². The largest absolute Gasteiger partial charge is 0.493 e. The summed E-state index contributed by atoms with van der Waals surface area (Å²) in [4.78, 5) is 0. The molecule has 0 radical (unpaired) electrons. The van der Waals surface area contributed by atoms with E-state index in [0.29, 0.717) is 17.1 Å². The van der Waals surface area contributed by atoms with E-state index < -0.39 is 0 Å². The summed E-state index contributed by atoms with van der Waals surface area (Å²) in [5, 5.41) is 17.2. The highest BCUT2D eigenvalue weighted by molar-refractivity contribution is 5.94. The Kier molecular flexibility index (Phi) is 3.20. The van der Waals surface area contributed by atoms with Crippen molar-refractivity contribution < 1.29 is 9.47 Å². The zero-order valence-electron chi connectivity index (χ0n) is 11.7. The van der Waals surface area contributed by atoms with Gasteiger partial charge in [-0.1, -0.05) is 0 Å². The fraction of sp³-hybridized carbons (Fsp3) is 0.125. The van der Waals surface area contributed by atoms with Crippen LogP contribution in [-0.2, 0) is 0 Å². The van der Waals surface area contributed by atoms with Crippen molar-refractivity contribution >= 4 is 10.9 Å². The van der Waals surface area contributed by atoms with Crippen LogP contribution in [0, 0.1) is 11.3 Å². The number of nitriles is 1. The van der Waals surface area contributed by atoms with Crippen LogP contribution in [0.4, 0.5) is 0 Å². The van der Waals surface area contributed by atoms with Crippen LogP contribution in [0.15, 0.2) is 36.4 Å². The molecule has 0 aliphatic rings. The Morgan fingerprint density at radius 3 is 2.57 bits per heavy atom. The van der Waals surface area contributed by atoms with Gasteiger partial charge in [-0.2, -0.15) is 10.4 Å². The van der Waals surface area contributed by atoms with Crippen molar-refractivity contribution in [2.24, 2.45) is 0 Å². The molecule has 0 aliphatic carbocycles. The van der Waals surface area contributed by atoms with E-state index >= 15 is 0 Å². The molecule has 0 unspecified atom stereocenters. The van der Waals surface area contributed by atoms with E-state index in [1.165, 1.54) is 0 Å². The summed E-state index contributed by atoms with van der Waals surface area (Å²) in [5.74, 6) is 1.31. The van der Waals surface area contributed by atoms with E-state index in [9.17, 15) is 0 Å². The molecule has 0 fully saturated rings. The summed E-state index contributed by atoms with van der Waals surface area (Å²) < 4.78 is 10.6. The van der Waals surface area contributed by atoms with Gasteiger partial charge in [0.25, 0.3) is 0 Å². The molecule has 5 heteroatoms. The van der Waals surface area contributed by atoms with Crippen LogP contribution in [0.25, 0.3) is 22.2 Å². The van der Waals surface area contributed by atoms with Gasteiger partial charge in [0.1, 0.15) is 5.69 Å². The minimum Gasteiger partial charge on any atom is -0.493 e. The van der Waals surface area contributed by atoms with Crippen LogP contribution >= 0.6 is 0 Å². The Morgan fingerprint density at radius 1 is 1.05 bits per heavy atom. The van der Waals surface area contributed by atoms with E-state index in [2.05, 4.69) is 16.3 Å². The van der Waals surface area contributed by atoms with E-state index in [0.717, 1.165) is 22.2 Å². The number of nitrogens with one attached hydrogen (secondary N) is 1. The number of rotatable bonds is 3. The molecule has 1 aromatic heterocycles. The minimum atomic E-state index is 0.602. The van der Waals surface area contributed by atoms with Crippen LogP contribution in [0.5, 0.6) is 11.5 Å². The van der Waals surface area contributed by atoms with Gasteiger partial charge in [-0.25, -0.2) is 0 Å². The van der Waals surface area contributed by atoms with Gasteiger partial charge >= 0.3 is 0 Å². The first-order chi connectivity index (χ1) is 10.3. The number of aromatic amines is 1. The van der Waals surface area contributed by atoms with Crippen molar-refractivity contribution in [2.75, 3.05) is 14.2 Å². The minimum absolute atomic E-state index is 0.602. The number of hydrogen-bond donors (Lipinski definition) is 1. The normalized spacial score (nSPS) is 10.3. The molecule has 0 amide bonds. The van der Waals surface area contributed by atoms with Crippen LogP contribution < -0.4 is 9.47 Å². The Hall–Kier alpha value is -3.00. The average Bonchev–Trinajstić information content (AvgIpc) is 2.97. The number of aromatic nitrogens is 2. The summed E-state index contributed by atoms with van der Waals surface area (Å²) in [6, 6.07) is 13.2. The van der Waals surface area contributed by atoms with Crippen molar-refractivity contribution in [2.45, 2.75) is 0 Å². The molecule has 0 bridgehead atoms. The number of benzene rings is 2. The zero-order valence-corrected chi connectivity index (χ0v) is 11.7. The molecule has 104 valence electrons. The first kappa shape index (κ1) is 13.0. The third-order valence-corrected chi connectivity index (χ3v) is 3.35. The maximum atomic E-state index is 9.03. The third-order valence-electron chi connectivity index (χ3n) is 3.35. The molecule has 5 nitrogen and oxygen atoms in total. The van der Waals surface area contributed by atoms with E-state index in [4.69, 9.17) is 14.7 Å². The standard InChI is InChI=1S/C16H13N3O2/c1-20-14-6-4-11(8-15(14)21-2)16-12-7-10(9-17)3-5-13(12)18-19-16/h3-8H,1-2H3,(H,18,19). The molecule has 1 heterocycles. The highest BCUT2D eigenvalue weighted by Gasteiger charge is 2.12. The maximum Gasteiger partial charge on any atom is 0.161 e. The number of hydrogen-bond acceptors (Lipinski definition) is 4. The van der Waals surface area contributed by atoms with Gasteiger partial charge in [0.15, 0.2) is 11.5 Å². The summed E-state index contributed by atoms with van der Waals surface area (Å²) in [6.45, 7) is 0. The number of methoxy groups -OCH3 is 2. The Bertz CT molecular complexity index is 846. The van der Waals surface area contributed by atoms with Crippen molar-refractivity contribution in [3.8, 4) is 28.8 Å². The van der Waals surface area contributed by atoms with Crippen LogP contribution in [0.2, 0.25) is 0 Å². The molecule has 0 spiro atoms. The van der Waals surface area contributed by atoms with E-state index in [-0.39, 0.29) is 0 Å². The summed E-state index contributed by atoms with van der Waals surface area (Å²) in [5.41, 5.74) is 3.17. The fourth-order valence-electron chi connectivity index (χ4n) is 2.29. The number of nitrogens with zero attached hydrogens (tertiary/aromatic N) is 2. The fourth-order valence-corrected chi connectivity index (χ4v) is 2.29. The van der Waals surface area contributed by atoms with Crippen molar-refractivity contribution in [1.29, 1.82) is 5.26 Å². The first-order valence-electron chi connectivity index (χ1n) is 6.37. The first-order valence-corrected chi connectivity index (χ1v) is 6.37. The topological polar surface area (TPSA) is 70.9 Å². The number of ether oxygens (including phenoxy) is 2. The maximum absolute atomic E-state index is 9.03. The highest BCUT2D eigenvalue weighted by Crippen LogP contribution is 2.34. The van der Waals surface area contributed by atoms with Gasteiger partial charge in [-0.15, -0.1) is 0 Å². The molecule has 0 atom stereocenters. The highest BCUT2D eigenvalue weighted by atomic mass is 16.5. The van der Waals surface area contributed by atoms with E-state index in [1.54, 1.807) is 20.3 Å². The molecule has 3 aromatic rings. The van der Waals surface area contributed by atoms with Crippen LogP contribution in [0.1, 0.15) is 5.56 Å². The Balaban J connectivity index is 2.18. The number of fused-ring (bicyclic) bond motifs is 1.